The average molecular weight is 402 g/mol. The number of hydrogen-bond acceptors (Lipinski definition) is 7. The van der Waals surface area contributed by atoms with Crippen LogP contribution in [0.1, 0.15) is 34.6 Å². The number of β-lactam (4-membered cyclic amide) rings is 1. The monoisotopic (exact) mass is 402 g/mol. The number of nitrogens with zero attached hydrogens (tertiary/aromatic N) is 2. The summed E-state index contributed by atoms with van der Waals surface area (Å²) in [5, 5.41) is -1.23. The van der Waals surface area contributed by atoms with Gasteiger partial charge in [0.05, 0.1) is 18.2 Å². The van der Waals surface area contributed by atoms with Crippen LogP contribution >= 0.6 is 11.8 Å². The van der Waals surface area contributed by atoms with E-state index < -0.39 is 41.1 Å². The van der Waals surface area contributed by atoms with Crippen molar-refractivity contribution in [3.63, 3.8) is 0 Å². The Bertz CT molecular complexity index is 892. The predicted molar refractivity (Wildman–Crippen MR) is 100 cm³/mol. The molecule has 9 heteroatoms. The fourth-order valence-corrected chi connectivity index (χ4v) is 4.44. The van der Waals surface area contributed by atoms with Crippen LogP contribution < -0.4 is 0 Å². The Morgan fingerprint density at radius 2 is 1.64 bits per heavy atom. The highest BCUT2D eigenvalue weighted by molar-refractivity contribution is 8.14. The summed E-state index contributed by atoms with van der Waals surface area (Å²) in [5.41, 5.74) is 0.750. The lowest BCUT2D eigenvalue weighted by molar-refractivity contribution is -0.163. The molecule has 0 saturated carbocycles. The van der Waals surface area contributed by atoms with E-state index >= 15 is 0 Å². The summed E-state index contributed by atoms with van der Waals surface area (Å²) in [6, 6.07) is 3.97. The molecule has 2 aliphatic rings. The van der Waals surface area contributed by atoms with Crippen molar-refractivity contribution in [2.75, 3.05) is 7.11 Å². The lowest BCUT2D eigenvalue weighted by atomic mass is 9.98. The number of ether oxygens (including phenoxy) is 1. The van der Waals surface area contributed by atoms with Gasteiger partial charge in [-0.15, -0.1) is 0 Å². The van der Waals surface area contributed by atoms with Gasteiger partial charge < -0.3 is 9.64 Å². The van der Waals surface area contributed by atoms with Crippen molar-refractivity contribution in [3.8, 4) is 0 Å². The van der Waals surface area contributed by atoms with Gasteiger partial charge in [-0.3, -0.25) is 24.1 Å². The minimum absolute atomic E-state index is 0.203. The number of fused-ring (bicyclic) bond motifs is 1. The summed E-state index contributed by atoms with van der Waals surface area (Å²) in [7, 11) is 1.18. The van der Waals surface area contributed by atoms with Gasteiger partial charge in [0.15, 0.2) is 11.2 Å². The summed E-state index contributed by atoms with van der Waals surface area (Å²) in [4.78, 5) is 64.4. The van der Waals surface area contributed by atoms with Gasteiger partial charge in [-0.1, -0.05) is 30.5 Å². The van der Waals surface area contributed by atoms with Crippen molar-refractivity contribution in [1.29, 1.82) is 0 Å². The molecule has 2 aliphatic heterocycles. The van der Waals surface area contributed by atoms with E-state index in [2.05, 4.69) is 6.58 Å². The Morgan fingerprint density at radius 1 is 1.11 bits per heavy atom. The van der Waals surface area contributed by atoms with Gasteiger partial charge in [0, 0.05) is 6.92 Å². The molecule has 2 heterocycles. The first-order chi connectivity index (χ1) is 13.2. The molecule has 1 aromatic carbocycles. The van der Waals surface area contributed by atoms with Crippen molar-refractivity contribution in [2.24, 2.45) is 0 Å². The molecular weight excluding hydrogens is 384 g/mol. The molecule has 0 aromatic heterocycles. The van der Waals surface area contributed by atoms with Crippen LogP contribution in [-0.4, -0.2) is 63.2 Å². The number of amides is 3. The highest BCUT2D eigenvalue weighted by Gasteiger charge is 2.60. The maximum absolute atomic E-state index is 13.0. The molecular formula is C19H18N2O6S. The third kappa shape index (κ3) is 2.91. The number of hydrogen-bond donors (Lipinski definition) is 0. The number of carbonyl (C=O) groups is 5. The van der Waals surface area contributed by atoms with Gasteiger partial charge in [-0.05, 0) is 24.6 Å². The van der Waals surface area contributed by atoms with E-state index in [1.54, 1.807) is 19.1 Å². The molecule has 0 N–H and O–H groups in total. The van der Waals surface area contributed by atoms with Crippen LogP contribution in [0.3, 0.4) is 0 Å². The highest BCUT2D eigenvalue weighted by atomic mass is 32.2. The van der Waals surface area contributed by atoms with Crippen LogP contribution in [0.25, 0.3) is 0 Å². The number of benzene rings is 1. The van der Waals surface area contributed by atoms with Crippen LogP contribution in [0.5, 0.6) is 0 Å². The molecule has 3 amide bonds. The molecule has 0 radical (unpaired) electrons. The molecule has 3 unspecified atom stereocenters. The van der Waals surface area contributed by atoms with Crippen LogP contribution in [-0.2, 0) is 19.1 Å². The largest absolute Gasteiger partial charge is 0.467 e. The number of methoxy groups -OCH3 is 1. The van der Waals surface area contributed by atoms with Gasteiger partial charge >= 0.3 is 5.97 Å². The smallest absolute Gasteiger partial charge is 0.332 e. The van der Waals surface area contributed by atoms with Crippen molar-refractivity contribution in [1.82, 2.24) is 9.80 Å². The Balaban J connectivity index is 1.99. The maximum atomic E-state index is 13.0. The molecule has 146 valence electrons. The molecule has 28 heavy (non-hydrogen) atoms. The van der Waals surface area contributed by atoms with Crippen molar-refractivity contribution < 1.29 is 28.7 Å². The second-order valence-corrected chi connectivity index (χ2v) is 7.78. The third-order valence-electron chi connectivity index (χ3n) is 4.61. The maximum Gasteiger partial charge on any atom is 0.332 e. The summed E-state index contributed by atoms with van der Waals surface area (Å²) in [5.74, 6) is -2.53. The average Bonchev–Trinajstić information content (AvgIpc) is 2.90. The van der Waals surface area contributed by atoms with Crippen LogP contribution in [0.2, 0.25) is 0 Å². The molecule has 3 atom stereocenters. The fourth-order valence-electron chi connectivity index (χ4n) is 3.40. The molecule has 1 aromatic rings. The standard InChI is InChI=1S/C19H18N2O6S/c1-9(2)13(19(26)27-4)21-17(25)14(18(21)28-10(3)22)20-15(23)11-7-5-6-8-12(11)16(20)24/h5-8,13-14,18H,1H2,2-4H3. The highest BCUT2D eigenvalue weighted by Crippen LogP contribution is 2.40. The van der Waals surface area contributed by atoms with Crippen molar-refractivity contribution in [3.05, 3.63) is 47.5 Å². The van der Waals surface area contributed by atoms with Crippen LogP contribution in [0.15, 0.2) is 36.4 Å². The first-order valence-electron chi connectivity index (χ1n) is 8.40. The summed E-state index contributed by atoms with van der Waals surface area (Å²) < 4.78 is 4.75. The number of thioether (sulfide) groups is 1. The zero-order chi connectivity index (χ0) is 20.7. The van der Waals surface area contributed by atoms with Gasteiger partial charge in [0.2, 0.25) is 0 Å². The SMILES string of the molecule is C=C(C)C(C(=O)OC)N1C(=O)C(N2C(=O)c3ccccc3C2=O)C1SC(C)=O. The van der Waals surface area contributed by atoms with Gasteiger partial charge in [0.25, 0.3) is 17.7 Å². The normalized spacial score (nSPS) is 21.9. The van der Waals surface area contributed by atoms with Crippen LogP contribution in [0.4, 0.5) is 0 Å². The predicted octanol–water partition coefficient (Wildman–Crippen LogP) is 1.22. The number of likely N-dealkylation sites (tertiary alicyclic amines) is 1. The molecule has 8 nitrogen and oxygen atoms in total. The van der Waals surface area contributed by atoms with E-state index in [0.29, 0.717) is 5.57 Å². The fraction of sp³-hybridized carbons (Fsp3) is 0.316. The first-order valence-corrected chi connectivity index (χ1v) is 9.28. The third-order valence-corrected chi connectivity index (χ3v) is 5.67. The molecule has 1 saturated heterocycles. The topological polar surface area (TPSA) is 101 Å². The number of esters is 1. The molecule has 0 bridgehead atoms. The Morgan fingerprint density at radius 3 is 2.07 bits per heavy atom. The Labute approximate surface area is 165 Å². The zero-order valence-electron chi connectivity index (χ0n) is 15.5. The van der Waals surface area contributed by atoms with E-state index in [4.69, 9.17) is 4.74 Å². The number of rotatable bonds is 5. The van der Waals surface area contributed by atoms with Crippen molar-refractivity contribution >= 4 is 40.6 Å². The number of imide groups is 1. The van der Waals surface area contributed by atoms with E-state index in [1.807, 2.05) is 0 Å². The molecule has 1 fully saturated rings. The Kier molecular flexibility index (Phi) is 5.12. The molecule has 0 aliphatic carbocycles. The van der Waals surface area contributed by atoms with Gasteiger partial charge in [-0.2, -0.15) is 0 Å². The molecule has 0 spiro atoms. The van der Waals surface area contributed by atoms with E-state index in [1.165, 1.54) is 26.2 Å². The second kappa shape index (κ2) is 7.23. The Hall–Kier alpha value is -2.94. The van der Waals surface area contributed by atoms with E-state index in [0.717, 1.165) is 21.6 Å². The molecule has 3 rings (SSSR count). The minimum atomic E-state index is -1.19. The lowest BCUT2D eigenvalue weighted by Crippen LogP contribution is -2.73. The lowest BCUT2D eigenvalue weighted by Gasteiger charge is -2.51. The minimum Gasteiger partial charge on any atom is -0.467 e. The first kappa shape index (κ1) is 19.8. The number of carbonyl (C=O) groups excluding carboxylic acids is 5. The van der Waals surface area contributed by atoms with Crippen molar-refractivity contribution in [2.45, 2.75) is 31.3 Å². The van der Waals surface area contributed by atoms with Crippen LogP contribution in [0, 0.1) is 0 Å². The quantitative estimate of drug-likeness (QED) is 0.316. The summed E-state index contributed by atoms with van der Waals surface area (Å²) >= 11 is 0.776. The van der Waals surface area contributed by atoms with Gasteiger partial charge in [-0.25, -0.2) is 4.79 Å². The van der Waals surface area contributed by atoms with Gasteiger partial charge in [0.1, 0.15) is 11.4 Å². The zero-order valence-corrected chi connectivity index (χ0v) is 16.3. The van der Waals surface area contributed by atoms with E-state index in [9.17, 15) is 24.0 Å². The second-order valence-electron chi connectivity index (χ2n) is 6.49. The summed E-state index contributed by atoms with van der Waals surface area (Å²) in [6.07, 6.45) is 0. The summed E-state index contributed by atoms with van der Waals surface area (Å²) in [6.45, 7) is 6.58. The van der Waals surface area contributed by atoms with E-state index in [-0.39, 0.29) is 16.2 Å².